The Morgan fingerprint density at radius 3 is 2.57 bits per heavy atom. The Balaban J connectivity index is 1.79. The molecule has 0 spiro atoms. The molecule has 0 bridgehead atoms. The zero-order valence-corrected chi connectivity index (χ0v) is 16.0. The third kappa shape index (κ3) is 3.47. The Morgan fingerprint density at radius 1 is 1.25 bits per heavy atom. The van der Waals surface area contributed by atoms with Gasteiger partial charge < -0.3 is 15.5 Å². The first-order chi connectivity index (χ1) is 13.3. The van der Waals surface area contributed by atoms with Crippen LogP contribution in [-0.2, 0) is 17.9 Å². The van der Waals surface area contributed by atoms with Gasteiger partial charge in [0.1, 0.15) is 17.1 Å². The number of nitrogens with one attached hydrogen (secondary N) is 2. The number of benzene rings is 1. The minimum atomic E-state index is -1.19. The van der Waals surface area contributed by atoms with Crippen molar-refractivity contribution in [2.75, 3.05) is 13.6 Å². The Hall–Kier alpha value is -3.23. The number of halogens is 1. The van der Waals surface area contributed by atoms with Gasteiger partial charge in [-0.2, -0.15) is 5.10 Å². The standard InChI is InChI=1S/C19H22FN5O3/c1-4-21-16(26)14-9-15-17(27)24(3)19(2,11-25(15)23-14)18(28)22-10-12-5-7-13(20)8-6-12/h5-9H,4,10-11H2,1-3H3,(H,21,26)(H,22,28)/t19-/m0/s1. The van der Waals surface area contributed by atoms with Crippen LogP contribution in [0.2, 0.25) is 0 Å². The molecule has 1 aliphatic rings. The minimum absolute atomic E-state index is 0.110. The van der Waals surface area contributed by atoms with Crippen LogP contribution >= 0.6 is 0 Å². The van der Waals surface area contributed by atoms with E-state index in [-0.39, 0.29) is 42.1 Å². The summed E-state index contributed by atoms with van der Waals surface area (Å²) in [6.07, 6.45) is 0. The monoisotopic (exact) mass is 387 g/mol. The molecular formula is C19H22FN5O3. The number of hydrogen-bond donors (Lipinski definition) is 2. The average Bonchev–Trinajstić information content (AvgIpc) is 3.09. The highest BCUT2D eigenvalue weighted by Gasteiger charge is 2.46. The molecule has 0 saturated carbocycles. The lowest BCUT2D eigenvalue weighted by molar-refractivity contribution is -0.132. The van der Waals surface area contributed by atoms with Gasteiger partial charge in [-0.05, 0) is 31.5 Å². The summed E-state index contributed by atoms with van der Waals surface area (Å²) in [4.78, 5) is 39.0. The summed E-state index contributed by atoms with van der Waals surface area (Å²) in [5.74, 6) is -1.49. The Kier molecular flexibility index (Phi) is 5.17. The Labute approximate surface area is 161 Å². The molecule has 2 N–H and O–H groups in total. The third-order valence-corrected chi connectivity index (χ3v) is 4.93. The van der Waals surface area contributed by atoms with E-state index in [0.29, 0.717) is 6.54 Å². The molecule has 1 aliphatic heterocycles. The van der Waals surface area contributed by atoms with Crippen LogP contribution in [0, 0.1) is 5.82 Å². The van der Waals surface area contributed by atoms with E-state index in [0.717, 1.165) is 5.56 Å². The van der Waals surface area contributed by atoms with E-state index in [4.69, 9.17) is 0 Å². The highest BCUT2D eigenvalue weighted by Crippen LogP contribution is 2.26. The number of carbonyl (C=O) groups excluding carboxylic acids is 3. The third-order valence-electron chi connectivity index (χ3n) is 4.93. The zero-order chi connectivity index (χ0) is 20.5. The first-order valence-corrected chi connectivity index (χ1v) is 8.93. The summed E-state index contributed by atoms with van der Waals surface area (Å²) in [5.41, 5.74) is -0.0576. The molecule has 148 valence electrons. The van der Waals surface area contributed by atoms with Crippen LogP contribution in [0.25, 0.3) is 0 Å². The van der Waals surface area contributed by atoms with E-state index in [2.05, 4.69) is 15.7 Å². The quantitative estimate of drug-likeness (QED) is 0.798. The summed E-state index contributed by atoms with van der Waals surface area (Å²) < 4.78 is 14.4. The van der Waals surface area contributed by atoms with Gasteiger partial charge >= 0.3 is 0 Å². The van der Waals surface area contributed by atoms with Crippen LogP contribution in [0.15, 0.2) is 30.3 Å². The lowest BCUT2D eigenvalue weighted by atomic mass is 9.96. The fraction of sp³-hybridized carbons (Fsp3) is 0.368. The summed E-state index contributed by atoms with van der Waals surface area (Å²) in [6.45, 7) is 4.18. The van der Waals surface area contributed by atoms with Crippen molar-refractivity contribution in [1.82, 2.24) is 25.3 Å². The fourth-order valence-electron chi connectivity index (χ4n) is 3.06. The number of nitrogens with zero attached hydrogens (tertiary/aromatic N) is 3. The molecular weight excluding hydrogens is 365 g/mol. The molecule has 3 amide bonds. The maximum absolute atomic E-state index is 13.0. The van der Waals surface area contributed by atoms with Gasteiger partial charge in [-0.3, -0.25) is 19.1 Å². The normalized spacial score (nSPS) is 18.6. The number of amides is 3. The predicted octanol–water partition coefficient (Wildman–Crippen LogP) is 0.933. The second-order valence-electron chi connectivity index (χ2n) is 6.88. The number of fused-ring (bicyclic) bond motifs is 1. The van der Waals surface area contributed by atoms with E-state index in [1.807, 2.05) is 0 Å². The molecule has 9 heteroatoms. The van der Waals surface area contributed by atoms with Crippen LogP contribution in [-0.4, -0.2) is 51.5 Å². The van der Waals surface area contributed by atoms with Crippen molar-refractivity contribution in [2.45, 2.75) is 32.5 Å². The van der Waals surface area contributed by atoms with E-state index in [9.17, 15) is 18.8 Å². The van der Waals surface area contributed by atoms with Gasteiger partial charge in [0, 0.05) is 26.2 Å². The zero-order valence-electron chi connectivity index (χ0n) is 16.0. The number of carbonyl (C=O) groups is 3. The molecule has 28 heavy (non-hydrogen) atoms. The van der Waals surface area contributed by atoms with Crippen LogP contribution < -0.4 is 10.6 Å². The molecule has 1 atom stereocenters. The molecule has 0 radical (unpaired) electrons. The second kappa shape index (κ2) is 7.41. The molecule has 0 fully saturated rings. The number of likely N-dealkylation sites (N-methyl/N-ethyl adjacent to an activating group) is 1. The van der Waals surface area contributed by atoms with Crippen LogP contribution in [0.4, 0.5) is 4.39 Å². The van der Waals surface area contributed by atoms with E-state index in [1.54, 1.807) is 33.0 Å². The summed E-state index contributed by atoms with van der Waals surface area (Å²) >= 11 is 0. The molecule has 2 aromatic rings. The highest BCUT2D eigenvalue weighted by molar-refractivity contribution is 6.01. The van der Waals surface area contributed by atoms with Crippen LogP contribution in [0.5, 0.6) is 0 Å². The minimum Gasteiger partial charge on any atom is -0.351 e. The van der Waals surface area contributed by atoms with Gasteiger partial charge in [0.15, 0.2) is 5.69 Å². The summed E-state index contributed by atoms with van der Waals surface area (Å²) in [5, 5.41) is 9.62. The Bertz CT molecular complexity index is 924. The van der Waals surface area contributed by atoms with Gasteiger partial charge in [-0.25, -0.2) is 4.39 Å². The van der Waals surface area contributed by atoms with Crippen molar-refractivity contribution in [2.24, 2.45) is 0 Å². The van der Waals surface area contributed by atoms with Crippen molar-refractivity contribution < 1.29 is 18.8 Å². The molecule has 1 aromatic heterocycles. The number of rotatable bonds is 5. The van der Waals surface area contributed by atoms with Gasteiger partial charge in [0.25, 0.3) is 11.8 Å². The average molecular weight is 387 g/mol. The molecule has 8 nitrogen and oxygen atoms in total. The summed E-state index contributed by atoms with van der Waals surface area (Å²) in [6, 6.07) is 7.23. The fourth-order valence-corrected chi connectivity index (χ4v) is 3.06. The smallest absolute Gasteiger partial charge is 0.272 e. The molecule has 0 aliphatic carbocycles. The van der Waals surface area contributed by atoms with Gasteiger partial charge in [0.2, 0.25) is 5.91 Å². The summed E-state index contributed by atoms with van der Waals surface area (Å²) in [7, 11) is 1.54. The molecule has 0 unspecified atom stereocenters. The molecule has 1 aromatic carbocycles. The molecule has 0 saturated heterocycles. The van der Waals surface area contributed by atoms with E-state index < -0.39 is 11.4 Å². The lowest BCUT2D eigenvalue weighted by Gasteiger charge is -2.40. The van der Waals surface area contributed by atoms with Gasteiger partial charge in [0.05, 0.1) is 6.54 Å². The number of hydrogen-bond acceptors (Lipinski definition) is 4. The van der Waals surface area contributed by atoms with Gasteiger partial charge in [-0.1, -0.05) is 12.1 Å². The van der Waals surface area contributed by atoms with Crippen LogP contribution in [0.3, 0.4) is 0 Å². The van der Waals surface area contributed by atoms with Crippen molar-refractivity contribution >= 4 is 17.7 Å². The number of aromatic nitrogens is 2. The van der Waals surface area contributed by atoms with Crippen molar-refractivity contribution in [3.63, 3.8) is 0 Å². The lowest BCUT2D eigenvalue weighted by Crippen LogP contribution is -2.62. The van der Waals surface area contributed by atoms with Crippen molar-refractivity contribution in [3.8, 4) is 0 Å². The first kappa shape index (κ1) is 19.5. The maximum Gasteiger partial charge on any atom is 0.272 e. The molecule has 2 heterocycles. The van der Waals surface area contributed by atoms with E-state index in [1.165, 1.54) is 27.8 Å². The van der Waals surface area contributed by atoms with Crippen molar-refractivity contribution in [1.29, 1.82) is 0 Å². The SMILES string of the molecule is CCNC(=O)c1cc2n(n1)C[C@@](C)(C(=O)NCc1ccc(F)cc1)N(C)C2=O. The molecule has 3 rings (SSSR count). The van der Waals surface area contributed by atoms with Gasteiger partial charge in [-0.15, -0.1) is 0 Å². The maximum atomic E-state index is 13.0. The Morgan fingerprint density at radius 2 is 1.93 bits per heavy atom. The highest BCUT2D eigenvalue weighted by atomic mass is 19.1. The predicted molar refractivity (Wildman–Crippen MR) is 99.0 cm³/mol. The van der Waals surface area contributed by atoms with Crippen molar-refractivity contribution in [3.05, 3.63) is 53.1 Å². The largest absolute Gasteiger partial charge is 0.351 e. The first-order valence-electron chi connectivity index (χ1n) is 8.93. The van der Waals surface area contributed by atoms with E-state index >= 15 is 0 Å². The van der Waals surface area contributed by atoms with Crippen LogP contribution in [0.1, 0.15) is 40.4 Å². The topological polar surface area (TPSA) is 96.3 Å². The second-order valence-corrected chi connectivity index (χ2v) is 6.88.